The average Bonchev–Trinajstić information content (AvgIpc) is 2.36. The first-order valence-electron chi connectivity index (χ1n) is 7.06. The summed E-state index contributed by atoms with van der Waals surface area (Å²) in [6.45, 7) is 9.21. The minimum absolute atomic E-state index is 0.161. The average molecular weight is 266 g/mol. The SMILES string of the molecule is CCOc1ccccc1C(O)COC(C)CC(C)C. The Hall–Kier alpha value is -1.06. The van der Waals surface area contributed by atoms with Crippen LogP contribution in [0.25, 0.3) is 0 Å². The number of hydrogen-bond acceptors (Lipinski definition) is 3. The fraction of sp³-hybridized carbons (Fsp3) is 0.625. The fourth-order valence-corrected chi connectivity index (χ4v) is 2.12. The molecule has 3 heteroatoms. The van der Waals surface area contributed by atoms with Crippen molar-refractivity contribution in [2.24, 2.45) is 5.92 Å². The summed E-state index contributed by atoms with van der Waals surface area (Å²) in [5, 5.41) is 10.2. The molecule has 3 nitrogen and oxygen atoms in total. The van der Waals surface area contributed by atoms with Crippen LogP contribution in [0.4, 0.5) is 0 Å². The third-order valence-corrected chi connectivity index (χ3v) is 2.92. The van der Waals surface area contributed by atoms with Crippen LogP contribution in [0, 0.1) is 5.92 Å². The number of aliphatic hydroxyl groups excluding tert-OH is 1. The highest BCUT2D eigenvalue weighted by Crippen LogP contribution is 2.25. The fourth-order valence-electron chi connectivity index (χ4n) is 2.12. The molecule has 0 aromatic heterocycles. The van der Waals surface area contributed by atoms with Crippen LogP contribution < -0.4 is 4.74 Å². The minimum atomic E-state index is -0.641. The van der Waals surface area contributed by atoms with Gasteiger partial charge in [0, 0.05) is 5.56 Å². The second-order valence-corrected chi connectivity index (χ2v) is 5.26. The van der Waals surface area contributed by atoms with Crippen molar-refractivity contribution in [3.05, 3.63) is 29.8 Å². The molecule has 1 rings (SSSR count). The number of hydrogen-bond donors (Lipinski definition) is 1. The van der Waals surface area contributed by atoms with E-state index in [1.54, 1.807) is 0 Å². The number of rotatable bonds is 8. The van der Waals surface area contributed by atoms with E-state index in [1.165, 1.54) is 0 Å². The Morgan fingerprint density at radius 2 is 1.84 bits per heavy atom. The summed E-state index contributed by atoms with van der Waals surface area (Å²) in [4.78, 5) is 0. The van der Waals surface area contributed by atoms with E-state index < -0.39 is 6.10 Å². The molecule has 0 saturated carbocycles. The summed E-state index contributed by atoms with van der Waals surface area (Å²) in [6, 6.07) is 7.56. The lowest BCUT2D eigenvalue weighted by Gasteiger charge is -2.19. The van der Waals surface area contributed by atoms with Crippen molar-refractivity contribution in [3.63, 3.8) is 0 Å². The van der Waals surface area contributed by atoms with Gasteiger partial charge < -0.3 is 14.6 Å². The van der Waals surface area contributed by atoms with Crippen molar-refractivity contribution in [3.8, 4) is 5.75 Å². The molecule has 0 radical (unpaired) electrons. The second-order valence-electron chi connectivity index (χ2n) is 5.26. The molecule has 19 heavy (non-hydrogen) atoms. The normalized spacial score (nSPS) is 14.4. The maximum absolute atomic E-state index is 10.2. The van der Waals surface area contributed by atoms with Gasteiger partial charge in [0.2, 0.25) is 0 Å². The van der Waals surface area contributed by atoms with Crippen LogP contribution in [0.15, 0.2) is 24.3 Å². The van der Waals surface area contributed by atoms with Gasteiger partial charge in [-0.25, -0.2) is 0 Å². The zero-order chi connectivity index (χ0) is 14.3. The van der Waals surface area contributed by atoms with Crippen molar-refractivity contribution >= 4 is 0 Å². The molecule has 0 heterocycles. The summed E-state index contributed by atoms with van der Waals surface area (Å²) in [6.07, 6.45) is 0.520. The Morgan fingerprint density at radius 3 is 2.47 bits per heavy atom. The van der Waals surface area contributed by atoms with Gasteiger partial charge >= 0.3 is 0 Å². The predicted molar refractivity (Wildman–Crippen MR) is 77.4 cm³/mol. The van der Waals surface area contributed by atoms with E-state index in [0.29, 0.717) is 19.1 Å². The number of para-hydroxylation sites is 1. The molecule has 0 fully saturated rings. The maximum atomic E-state index is 10.2. The van der Waals surface area contributed by atoms with Gasteiger partial charge in [0.25, 0.3) is 0 Å². The van der Waals surface area contributed by atoms with Crippen molar-refractivity contribution in [2.45, 2.75) is 46.3 Å². The third kappa shape index (κ3) is 5.62. The van der Waals surface area contributed by atoms with E-state index in [4.69, 9.17) is 9.47 Å². The van der Waals surface area contributed by atoms with Crippen molar-refractivity contribution < 1.29 is 14.6 Å². The molecule has 1 aromatic carbocycles. The Bertz CT molecular complexity index is 363. The molecule has 2 unspecified atom stereocenters. The van der Waals surface area contributed by atoms with Gasteiger partial charge in [-0.05, 0) is 32.3 Å². The lowest BCUT2D eigenvalue weighted by molar-refractivity contribution is -0.0109. The van der Waals surface area contributed by atoms with Crippen LogP contribution in [0.5, 0.6) is 5.75 Å². The van der Waals surface area contributed by atoms with Crippen LogP contribution in [-0.4, -0.2) is 24.4 Å². The van der Waals surface area contributed by atoms with Crippen molar-refractivity contribution in [1.29, 1.82) is 0 Å². The largest absolute Gasteiger partial charge is 0.493 e. The zero-order valence-electron chi connectivity index (χ0n) is 12.4. The molecule has 108 valence electrons. The standard InChI is InChI=1S/C16H26O3/c1-5-18-16-9-7-6-8-14(16)15(17)11-19-13(4)10-12(2)3/h6-9,12-13,15,17H,5,10-11H2,1-4H3. The van der Waals surface area contributed by atoms with E-state index in [9.17, 15) is 5.11 Å². The highest BCUT2D eigenvalue weighted by molar-refractivity contribution is 5.35. The molecule has 0 spiro atoms. The molecule has 1 aromatic rings. The van der Waals surface area contributed by atoms with Gasteiger partial charge in [-0.3, -0.25) is 0 Å². The Morgan fingerprint density at radius 1 is 1.16 bits per heavy atom. The lowest BCUT2D eigenvalue weighted by atomic mass is 10.1. The topological polar surface area (TPSA) is 38.7 Å². The molecule has 0 bridgehead atoms. The van der Waals surface area contributed by atoms with Gasteiger partial charge in [-0.2, -0.15) is 0 Å². The van der Waals surface area contributed by atoms with Gasteiger partial charge in [0.05, 0.1) is 19.3 Å². The van der Waals surface area contributed by atoms with Crippen LogP contribution in [0.1, 0.15) is 45.8 Å². The molecular formula is C16H26O3. The first kappa shape index (κ1) is 16.0. The first-order valence-corrected chi connectivity index (χ1v) is 7.06. The Labute approximate surface area is 116 Å². The summed E-state index contributed by atoms with van der Waals surface area (Å²) < 4.78 is 11.2. The van der Waals surface area contributed by atoms with E-state index in [1.807, 2.05) is 38.1 Å². The van der Waals surface area contributed by atoms with E-state index in [0.717, 1.165) is 17.7 Å². The van der Waals surface area contributed by atoms with E-state index in [2.05, 4.69) is 13.8 Å². The van der Waals surface area contributed by atoms with E-state index in [-0.39, 0.29) is 6.10 Å². The quantitative estimate of drug-likeness (QED) is 0.781. The summed E-state index contributed by atoms with van der Waals surface area (Å²) in [5.41, 5.74) is 0.793. The summed E-state index contributed by atoms with van der Waals surface area (Å²) >= 11 is 0. The second kappa shape index (κ2) is 8.18. The van der Waals surface area contributed by atoms with Gasteiger partial charge in [0.1, 0.15) is 11.9 Å². The number of aliphatic hydroxyl groups is 1. The van der Waals surface area contributed by atoms with Gasteiger partial charge in [-0.15, -0.1) is 0 Å². The Balaban J connectivity index is 2.55. The number of benzene rings is 1. The molecule has 0 aliphatic rings. The van der Waals surface area contributed by atoms with Crippen LogP contribution in [0.2, 0.25) is 0 Å². The van der Waals surface area contributed by atoms with Gasteiger partial charge in [-0.1, -0.05) is 32.0 Å². The molecule has 0 saturated heterocycles. The van der Waals surface area contributed by atoms with Crippen LogP contribution in [-0.2, 0) is 4.74 Å². The highest BCUT2D eigenvalue weighted by Gasteiger charge is 2.15. The number of ether oxygens (including phenoxy) is 2. The third-order valence-electron chi connectivity index (χ3n) is 2.92. The van der Waals surface area contributed by atoms with Crippen molar-refractivity contribution in [2.75, 3.05) is 13.2 Å². The smallest absolute Gasteiger partial charge is 0.125 e. The molecule has 0 aliphatic carbocycles. The molecule has 0 aliphatic heterocycles. The minimum Gasteiger partial charge on any atom is -0.493 e. The summed E-state index contributed by atoms with van der Waals surface area (Å²) in [7, 11) is 0. The lowest BCUT2D eigenvalue weighted by Crippen LogP contribution is -2.17. The predicted octanol–water partition coefficient (Wildman–Crippen LogP) is 3.57. The van der Waals surface area contributed by atoms with Crippen LogP contribution >= 0.6 is 0 Å². The van der Waals surface area contributed by atoms with E-state index >= 15 is 0 Å². The molecule has 2 atom stereocenters. The summed E-state index contributed by atoms with van der Waals surface area (Å²) in [5.74, 6) is 1.33. The van der Waals surface area contributed by atoms with Crippen LogP contribution in [0.3, 0.4) is 0 Å². The molecule has 1 N–H and O–H groups in total. The highest BCUT2D eigenvalue weighted by atomic mass is 16.5. The Kier molecular flexibility index (Phi) is 6.89. The molecule has 0 amide bonds. The monoisotopic (exact) mass is 266 g/mol. The van der Waals surface area contributed by atoms with Gasteiger partial charge in [0.15, 0.2) is 0 Å². The molecular weight excluding hydrogens is 240 g/mol. The zero-order valence-corrected chi connectivity index (χ0v) is 12.4. The first-order chi connectivity index (χ1) is 9.04. The maximum Gasteiger partial charge on any atom is 0.125 e. The van der Waals surface area contributed by atoms with Crippen molar-refractivity contribution in [1.82, 2.24) is 0 Å².